The Morgan fingerprint density at radius 2 is 1.82 bits per heavy atom. The van der Waals surface area contributed by atoms with E-state index in [9.17, 15) is 0 Å². The Morgan fingerprint density at radius 1 is 1.27 bits per heavy atom. The van der Waals surface area contributed by atoms with Gasteiger partial charge in [-0.15, -0.1) is 0 Å². The molecule has 2 unspecified atom stereocenters. The normalized spacial score (nSPS) is 40.6. The second-order valence-electron chi connectivity index (χ2n) is 4.60. The van der Waals surface area contributed by atoms with E-state index in [-0.39, 0.29) is 0 Å². The maximum atomic E-state index is 3.60. The van der Waals surface area contributed by atoms with Crippen LogP contribution in [0.5, 0.6) is 0 Å². The lowest BCUT2D eigenvalue weighted by Crippen LogP contribution is -2.02. The Bertz CT molecular complexity index is 151. The second kappa shape index (κ2) is 2.76. The lowest BCUT2D eigenvalue weighted by atomic mass is 9.93. The van der Waals surface area contributed by atoms with Crippen LogP contribution in [-0.4, -0.2) is 5.33 Å². The van der Waals surface area contributed by atoms with Gasteiger partial charge in [0.2, 0.25) is 0 Å². The van der Waals surface area contributed by atoms with Gasteiger partial charge in [0.25, 0.3) is 0 Å². The van der Waals surface area contributed by atoms with E-state index < -0.39 is 0 Å². The maximum Gasteiger partial charge on any atom is 0.00703 e. The Hall–Kier alpha value is 0.480. The molecular weight excluding hydrogens is 200 g/mol. The summed E-state index contributed by atoms with van der Waals surface area (Å²) in [5.41, 5.74) is 1.19. The molecule has 0 radical (unpaired) electrons. The van der Waals surface area contributed by atoms with Gasteiger partial charge in [0, 0.05) is 5.33 Å². The molecule has 0 nitrogen and oxygen atoms in total. The molecule has 1 heteroatoms. The first-order valence-electron chi connectivity index (χ1n) is 4.56. The van der Waals surface area contributed by atoms with Crippen LogP contribution in [0.4, 0.5) is 0 Å². The fourth-order valence-corrected chi connectivity index (χ4v) is 4.10. The van der Waals surface area contributed by atoms with E-state index in [1.807, 2.05) is 0 Å². The predicted octanol–water partition coefficient (Wildman–Crippen LogP) is 3.84. The van der Waals surface area contributed by atoms with Crippen LogP contribution in [0.1, 0.15) is 40.5 Å². The summed E-state index contributed by atoms with van der Waals surface area (Å²) in [6.07, 6.45) is 2.71. The third kappa shape index (κ3) is 1.16. The smallest absolute Gasteiger partial charge is 0.00703 e. The van der Waals surface area contributed by atoms with E-state index in [1.54, 1.807) is 0 Å². The molecule has 0 aliphatic heterocycles. The van der Waals surface area contributed by atoms with Crippen molar-refractivity contribution in [2.75, 3.05) is 5.33 Å². The number of halogens is 1. The van der Waals surface area contributed by atoms with Crippen molar-refractivity contribution in [3.63, 3.8) is 0 Å². The fraction of sp³-hybridized carbons (Fsp3) is 1.00. The molecule has 0 saturated heterocycles. The van der Waals surface area contributed by atoms with Crippen LogP contribution < -0.4 is 0 Å². The average Bonchev–Trinajstić information content (AvgIpc) is 2.28. The maximum absolute atomic E-state index is 3.60. The molecule has 1 saturated carbocycles. The molecule has 0 N–H and O–H groups in total. The Kier molecular flexibility index (Phi) is 2.40. The van der Waals surface area contributed by atoms with E-state index in [0.29, 0.717) is 10.8 Å². The highest BCUT2D eigenvalue weighted by Crippen LogP contribution is 2.71. The molecule has 0 spiro atoms. The summed E-state index contributed by atoms with van der Waals surface area (Å²) >= 11 is 3.60. The summed E-state index contributed by atoms with van der Waals surface area (Å²) in [4.78, 5) is 0. The Balaban J connectivity index is 2.61. The topological polar surface area (TPSA) is 0 Å². The van der Waals surface area contributed by atoms with Crippen LogP contribution in [0.25, 0.3) is 0 Å². The molecule has 2 atom stereocenters. The van der Waals surface area contributed by atoms with Gasteiger partial charge in [-0.1, -0.05) is 50.0 Å². The van der Waals surface area contributed by atoms with Gasteiger partial charge in [0.05, 0.1) is 0 Å². The van der Waals surface area contributed by atoms with E-state index in [4.69, 9.17) is 0 Å². The number of hydrogen-bond acceptors (Lipinski definition) is 0. The van der Waals surface area contributed by atoms with Crippen LogP contribution in [0.15, 0.2) is 0 Å². The molecule has 0 aromatic carbocycles. The zero-order chi connectivity index (χ0) is 8.70. The Morgan fingerprint density at radius 3 is 2.09 bits per heavy atom. The molecule has 1 aliphatic carbocycles. The summed E-state index contributed by atoms with van der Waals surface area (Å²) in [5.74, 6) is 0.898. The molecular formula is C10H19Br. The standard InChI is InChI=1S/C10H19Br/c1-5-6-10(4)8(7-11)9(10,2)3/h8H,5-7H2,1-4H3. The van der Waals surface area contributed by atoms with Crippen molar-refractivity contribution in [3.8, 4) is 0 Å². The molecule has 0 heterocycles. The van der Waals surface area contributed by atoms with Crippen LogP contribution >= 0.6 is 15.9 Å². The summed E-state index contributed by atoms with van der Waals surface area (Å²) in [6.45, 7) is 9.51. The first-order chi connectivity index (χ1) is 5.00. The third-order valence-electron chi connectivity index (χ3n) is 3.95. The zero-order valence-electron chi connectivity index (χ0n) is 8.08. The van der Waals surface area contributed by atoms with Crippen molar-refractivity contribution < 1.29 is 0 Å². The van der Waals surface area contributed by atoms with E-state index in [0.717, 1.165) is 5.92 Å². The van der Waals surface area contributed by atoms with E-state index >= 15 is 0 Å². The van der Waals surface area contributed by atoms with Gasteiger partial charge in [-0.3, -0.25) is 0 Å². The minimum Gasteiger partial charge on any atom is -0.0925 e. The lowest BCUT2D eigenvalue weighted by Gasteiger charge is -2.12. The number of alkyl halides is 1. The first kappa shape index (κ1) is 9.57. The largest absolute Gasteiger partial charge is 0.0925 e. The second-order valence-corrected chi connectivity index (χ2v) is 5.24. The molecule has 66 valence electrons. The van der Waals surface area contributed by atoms with Crippen molar-refractivity contribution in [3.05, 3.63) is 0 Å². The van der Waals surface area contributed by atoms with Crippen LogP contribution in [0.3, 0.4) is 0 Å². The van der Waals surface area contributed by atoms with Crippen molar-refractivity contribution in [2.24, 2.45) is 16.7 Å². The van der Waals surface area contributed by atoms with Crippen molar-refractivity contribution in [1.82, 2.24) is 0 Å². The van der Waals surface area contributed by atoms with Gasteiger partial charge >= 0.3 is 0 Å². The molecule has 11 heavy (non-hydrogen) atoms. The lowest BCUT2D eigenvalue weighted by molar-refractivity contribution is 0.384. The highest BCUT2D eigenvalue weighted by molar-refractivity contribution is 9.09. The molecule has 1 fully saturated rings. The van der Waals surface area contributed by atoms with Crippen LogP contribution in [0, 0.1) is 16.7 Å². The van der Waals surface area contributed by atoms with Gasteiger partial charge in [0.1, 0.15) is 0 Å². The fourth-order valence-electron chi connectivity index (χ4n) is 2.58. The summed E-state index contributed by atoms with van der Waals surface area (Å²) in [7, 11) is 0. The van der Waals surface area contributed by atoms with Crippen molar-refractivity contribution in [1.29, 1.82) is 0 Å². The molecule has 0 aromatic heterocycles. The quantitative estimate of drug-likeness (QED) is 0.632. The average molecular weight is 219 g/mol. The van der Waals surface area contributed by atoms with Crippen molar-refractivity contribution >= 4 is 15.9 Å². The van der Waals surface area contributed by atoms with E-state index in [1.165, 1.54) is 18.2 Å². The number of rotatable bonds is 3. The molecule has 0 amide bonds. The van der Waals surface area contributed by atoms with Gasteiger partial charge < -0.3 is 0 Å². The molecule has 0 aromatic rings. The van der Waals surface area contributed by atoms with Crippen LogP contribution in [-0.2, 0) is 0 Å². The Labute approximate surface area is 78.9 Å². The van der Waals surface area contributed by atoms with Gasteiger partial charge in [-0.2, -0.15) is 0 Å². The van der Waals surface area contributed by atoms with Gasteiger partial charge in [-0.25, -0.2) is 0 Å². The van der Waals surface area contributed by atoms with Crippen LogP contribution in [0.2, 0.25) is 0 Å². The zero-order valence-corrected chi connectivity index (χ0v) is 9.66. The third-order valence-corrected chi connectivity index (χ3v) is 4.60. The van der Waals surface area contributed by atoms with Gasteiger partial charge in [-0.05, 0) is 23.2 Å². The summed E-state index contributed by atoms with van der Waals surface area (Å²) in [6, 6.07) is 0. The minimum atomic E-state index is 0.576. The summed E-state index contributed by atoms with van der Waals surface area (Å²) < 4.78 is 0. The molecule has 0 bridgehead atoms. The minimum absolute atomic E-state index is 0.576. The highest BCUT2D eigenvalue weighted by Gasteiger charge is 2.65. The summed E-state index contributed by atoms with van der Waals surface area (Å²) in [5, 5.41) is 1.18. The highest BCUT2D eigenvalue weighted by atomic mass is 79.9. The SMILES string of the molecule is CCCC1(C)C(CBr)C1(C)C. The monoisotopic (exact) mass is 218 g/mol. The first-order valence-corrected chi connectivity index (χ1v) is 5.68. The molecule has 1 aliphatic rings. The number of hydrogen-bond donors (Lipinski definition) is 0. The van der Waals surface area contributed by atoms with Crippen molar-refractivity contribution in [2.45, 2.75) is 40.5 Å². The van der Waals surface area contributed by atoms with E-state index in [2.05, 4.69) is 43.6 Å². The predicted molar refractivity (Wildman–Crippen MR) is 54.1 cm³/mol. The molecule has 1 rings (SSSR count). The van der Waals surface area contributed by atoms with Gasteiger partial charge in [0.15, 0.2) is 0 Å².